The minimum atomic E-state index is -0.281. The Morgan fingerprint density at radius 3 is 2.00 bits per heavy atom. The number of piperidine rings is 1. The molecule has 5 heteroatoms. The molecule has 1 heterocycles. The Balaban J connectivity index is 1.88. The van der Waals surface area contributed by atoms with E-state index >= 15 is 0 Å². The fourth-order valence-corrected chi connectivity index (χ4v) is 4.73. The summed E-state index contributed by atoms with van der Waals surface area (Å²) in [5, 5.41) is 0. The topological polar surface area (TPSA) is 55.8 Å². The maximum atomic E-state index is 11.5. The normalized spacial score (nSPS) is 27.9. The van der Waals surface area contributed by atoms with E-state index in [1.54, 1.807) is 0 Å². The molecule has 2 fully saturated rings. The predicted octanol–water partition coefficient (Wildman–Crippen LogP) is 3.34. The van der Waals surface area contributed by atoms with Gasteiger partial charge in [-0.25, -0.2) is 0 Å². The molecule has 0 spiro atoms. The van der Waals surface area contributed by atoms with Crippen molar-refractivity contribution < 1.29 is 19.1 Å². The maximum absolute atomic E-state index is 11.5. The van der Waals surface area contributed by atoms with E-state index in [4.69, 9.17) is 9.47 Å². The Morgan fingerprint density at radius 2 is 1.52 bits per heavy atom. The van der Waals surface area contributed by atoms with Gasteiger partial charge in [-0.05, 0) is 18.4 Å². The van der Waals surface area contributed by atoms with Gasteiger partial charge in [-0.1, -0.05) is 48.9 Å². The molecule has 0 N–H and O–H groups in total. The smallest absolute Gasteiger partial charge is 0.302 e. The van der Waals surface area contributed by atoms with Crippen LogP contribution in [0.15, 0.2) is 42.5 Å². The molecule has 0 aromatic heterocycles. The van der Waals surface area contributed by atoms with Crippen molar-refractivity contribution in [1.29, 1.82) is 0 Å². The molecule has 1 aliphatic carbocycles. The van der Waals surface area contributed by atoms with Gasteiger partial charge < -0.3 is 9.47 Å². The molecule has 1 saturated carbocycles. The van der Waals surface area contributed by atoms with Crippen LogP contribution in [0.5, 0.6) is 0 Å². The highest BCUT2D eigenvalue weighted by Gasteiger charge is 2.54. The lowest BCUT2D eigenvalue weighted by Gasteiger charge is -2.57. The molecule has 3 rings (SSSR count). The first kappa shape index (κ1) is 19.6. The lowest BCUT2D eigenvalue weighted by atomic mass is 9.56. The average Bonchev–Trinajstić information content (AvgIpc) is 2.61. The highest BCUT2D eigenvalue weighted by Crippen LogP contribution is 2.55. The second kappa shape index (κ2) is 7.85. The average molecular weight is 371 g/mol. The summed E-state index contributed by atoms with van der Waals surface area (Å²) in [5.74, 6) is -0.540. The number of benzene rings is 1. The van der Waals surface area contributed by atoms with Gasteiger partial charge in [0.1, 0.15) is 13.2 Å². The van der Waals surface area contributed by atoms with Crippen molar-refractivity contribution in [2.45, 2.75) is 39.7 Å². The van der Waals surface area contributed by atoms with Gasteiger partial charge >= 0.3 is 11.9 Å². The lowest BCUT2D eigenvalue weighted by molar-refractivity contribution is -0.151. The van der Waals surface area contributed by atoms with Crippen LogP contribution in [0, 0.1) is 10.8 Å². The summed E-state index contributed by atoms with van der Waals surface area (Å²) in [7, 11) is 0. The van der Waals surface area contributed by atoms with Gasteiger partial charge in [0.2, 0.25) is 0 Å². The molecule has 1 aromatic rings. The number of fused-ring (bicyclic) bond motifs is 2. The maximum Gasteiger partial charge on any atom is 0.302 e. The fraction of sp³-hybridized carbons (Fsp3) is 0.545. The van der Waals surface area contributed by atoms with Crippen LogP contribution in [-0.4, -0.2) is 43.1 Å². The molecule has 0 unspecified atom stereocenters. The third-order valence-corrected chi connectivity index (χ3v) is 6.00. The molecule has 1 saturated heterocycles. The number of ether oxygens (including phenoxy) is 2. The third kappa shape index (κ3) is 4.24. The van der Waals surface area contributed by atoms with Gasteiger partial charge in [0.15, 0.2) is 0 Å². The highest BCUT2D eigenvalue weighted by atomic mass is 16.5. The van der Waals surface area contributed by atoms with Crippen molar-refractivity contribution in [3.63, 3.8) is 0 Å². The van der Waals surface area contributed by atoms with Crippen molar-refractivity contribution in [1.82, 2.24) is 4.90 Å². The molecule has 1 aliphatic heterocycles. The lowest BCUT2D eigenvalue weighted by Crippen LogP contribution is -2.59. The molecule has 2 bridgehead atoms. The van der Waals surface area contributed by atoms with Gasteiger partial charge in [-0.2, -0.15) is 0 Å². The fourth-order valence-electron chi connectivity index (χ4n) is 4.73. The van der Waals surface area contributed by atoms with E-state index in [1.165, 1.54) is 19.4 Å². The molecule has 2 atom stereocenters. The van der Waals surface area contributed by atoms with E-state index in [2.05, 4.69) is 23.6 Å². The number of hydrogen-bond acceptors (Lipinski definition) is 5. The monoisotopic (exact) mass is 371 g/mol. The van der Waals surface area contributed by atoms with E-state index in [1.807, 2.05) is 18.2 Å². The summed E-state index contributed by atoms with van der Waals surface area (Å²) in [4.78, 5) is 25.4. The van der Waals surface area contributed by atoms with Crippen molar-refractivity contribution in [3.8, 4) is 0 Å². The summed E-state index contributed by atoms with van der Waals surface area (Å²) < 4.78 is 10.9. The first-order valence-corrected chi connectivity index (χ1v) is 9.58. The Morgan fingerprint density at radius 1 is 1.00 bits per heavy atom. The third-order valence-electron chi connectivity index (χ3n) is 6.00. The molecule has 0 amide bonds. The number of nitrogens with zero attached hydrogens (tertiary/aromatic N) is 1. The SMILES string of the molecule is C=C1[C@]2(COC(C)=O)CCC[C@@]1(COC(C)=O)CN(Cc1ccccc1)C2. The number of carbonyl (C=O) groups excluding carboxylic acids is 2. The second-order valence-corrected chi connectivity index (χ2v) is 8.08. The molecule has 27 heavy (non-hydrogen) atoms. The van der Waals surface area contributed by atoms with Crippen LogP contribution in [0.4, 0.5) is 0 Å². The Hall–Kier alpha value is -2.14. The van der Waals surface area contributed by atoms with Gasteiger partial charge in [0.05, 0.1) is 0 Å². The number of carbonyl (C=O) groups is 2. The van der Waals surface area contributed by atoms with Crippen LogP contribution in [0.3, 0.4) is 0 Å². The van der Waals surface area contributed by atoms with Gasteiger partial charge in [-0.15, -0.1) is 0 Å². The zero-order valence-electron chi connectivity index (χ0n) is 16.3. The van der Waals surface area contributed by atoms with Crippen LogP contribution in [-0.2, 0) is 25.6 Å². The standard InChI is InChI=1S/C22H29NO4/c1-17-21(15-26-18(2)24)10-7-11-22(17,16-27-19(3)25)14-23(13-21)12-20-8-5-4-6-9-20/h4-6,8-9H,1,7,10-16H2,2-3H3/t21-,22+. The summed E-state index contributed by atoms with van der Waals surface area (Å²) in [6, 6.07) is 10.3. The predicted molar refractivity (Wildman–Crippen MR) is 103 cm³/mol. The first-order chi connectivity index (χ1) is 12.9. The minimum absolute atomic E-state index is 0.270. The molecule has 5 nitrogen and oxygen atoms in total. The van der Waals surface area contributed by atoms with E-state index in [0.29, 0.717) is 13.2 Å². The molecule has 146 valence electrons. The molecule has 1 aromatic carbocycles. The summed E-state index contributed by atoms with van der Waals surface area (Å²) in [6.07, 6.45) is 2.89. The zero-order chi connectivity index (χ0) is 19.5. The molecular weight excluding hydrogens is 342 g/mol. The van der Waals surface area contributed by atoms with E-state index in [-0.39, 0.29) is 22.8 Å². The summed E-state index contributed by atoms with van der Waals surface area (Å²) >= 11 is 0. The molecule has 2 aliphatic rings. The van der Waals surface area contributed by atoms with Gasteiger partial charge in [-0.3, -0.25) is 14.5 Å². The van der Waals surface area contributed by atoms with Crippen LogP contribution in [0.25, 0.3) is 0 Å². The Bertz CT molecular complexity index is 678. The Kier molecular flexibility index (Phi) is 5.70. The number of rotatable bonds is 6. The van der Waals surface area contributed by atoms with Crippen LogP contribution < -0.4 is 0 Å². The van der Waals surface area contributed by atoms with Crippen LogP contribution >= 0.6 is 0 Å². The quantitative estimate of drug-likeness (QED) is 0.567. The van der Waals surface area contributed by atoms with E-state index < -0.39 is 0 Å². The highest BCUT2D eigenvalue weighted by molar-refractivity contribution is 5.66. The van der Waals surface area contributed by atoms with Crippen molar-refractivity contribution in [3.05, 3.63) is 48.0 Å². The summed E-state index contributed by atoms with van der Waals surface area (Å²) in [6.45, 7) is 10.4. The van der Waals surface area contributed by atoms with Crippen molar-refractivity contribution >= 4 is 11.9 Å². The van der Waals surface area contributed by atoms with Crippen LogP contribution in [0.1, 0.15) is 38.7 Å². The first-order valence-electron chi connectivity index (χ1n) is 9.58. The molecule has 0 radical (unpaired) electrons. The zero-order valence-corrected chi connectivity index (χ0v) is 16.3. The molecular formula is C22H29NO4. The van der Waals surface area contributed by atoms with Crippen molar-refractivity contribution in [2.75, 3.05) is 26.3 Å². The number of esters is 2. The van der Waals surface area contributed by atoms with Crippen LogP contribution in [0.2, 0.25) is 0 Å². The largest absolute Gasteiger partial charge is 0.465 e. The minimum Gasteiger partial charge on any atom is -0.465 e. The van der Waals surface area contributed by atoms with Gasteiger partial charge in [0, 0.05) is 44.3 Å². The van der Waals surface area contributed by atoms with Gasteiger partial charge in [0.25, 0.3) is 0 Å². The van der Waals surface area contributed by atoms with E-state index in [9.17, 15) is 9.59 Å². The Labute approximate surface area is 161 Å². The number of hydrogen-bond donors (Lipinski definition) is 0. The van der Waals surface area contributed by atoms with E-state index in [0.717, 1.165) is 44.5 Å². The number of likely N-dealkylation sites (tertiary alicyclic amines) is 1. The second-order valence-electron chi connectivity index (χ2n) is 8.08. The van der Waals surface area contributed by atoms with Crippen molar-refractivity contribution in [2.24, 2.45) is 10.8 Å². The summed E-state index contributed by atoms with van der Waals surface area (Å²) in [5.41, 5.74) is 1.76.